The Kier molecular flexibility index (Phi) is 18.2. The fraction of sp³-hybridized carbons (Fsp3) is 0.892. The number of esters is 1. The molecule has 3 aliphatic rings. The van der Waals surface area contributed by atoms with Crippen LogP contribution in [0.15, 0.2) is 11.6 Å². The minimum absolute atomic E-state index is 0.000595. The van der Waals surface area contributed by atoms with Gasteiger partial charge in [-0.05, 0) is 77.2 Å². The topological polar surface area (TPSA) is 102 Å². The maximum atomic E-state index is 12.1. The van der Waals surface area contributed by atoms with Crippen molar-refractivity contribution in [3.05, 3.63) is 11.6 Å². The predicted molar refractivity (Wildman–Crippen MR) is 174 cm³/mol. The molecule has 2 fully saturated rings. The number of aliphatic hydroxyl groups is 2. The Morgan fingerprint density at radius 2 is 1.23 bits per heavy atom. The van der Waals surface area contributed by atoms with E-state index in [1.807, 2.05) is 13.0 Å². The summed E-state index contributed by atoms with van der Waals surface area (Å²) in [4.78, 5) is 23.7. The number of carbonyl (C=O) groups is 2. The first-order valence-corrected chi connectivity index (χ1v) is 18.5. The molecule has 0 aliphatic carbocycles. The minimum Gasteiger partial charge on any atom is -0.455 e. The van der Waals surface area contributed by atoms with E-state index in [0.29, 0.717) is 25.0 Å². The van der Waals surface area contributed by atoms with Crippen molar-refractivity contribution < 1.29 is 34.0 Å². The van der Waals surface area contributed by atoms with Crippen LogP contribution >= 0.6 is 0 Å². The summed E-state index contributed by atoms with van der Waals surface area (Å²) < 4.78 is 17.6. The summed E-state index contributed by atoms with van der Waals surface area (Å²) >= 11 is 0. The van der Waals surface area contributed by atoms with Crippen LogP contribution in [-0.4, -0.2) is 64.7 Å². The lowest BCUT2D eigenvalue weighted by Gasteiger charge is -2.24. The molecule has 0 saturated carbocycles. The van der Waals surface area contributed by atoms with Gasteiger partial charge in [0.2, 0.25) is 0 Å². The largest absolute Gasteiger partial charge is 0.455 e. The Bertz CT molecular complexity index is 842. The van der Waals surface area contributed by atoms with Crippen molar-refractivity contribution in [1.82, 2.24) is 0 Å². The van der Waals surface area contributed by atoms with Gasteiger partial charge in [-0.2, -0.15) is 0 Å². The molecule has 3 rings (SSSR count). The molecular formula is C37H64O7. The molecule has 7 nitrogen and oxygen atoms in total. The molecular weight excluding hydrogens is 556 g/mol. The Balaban J connectivity index is 1.13. The number of ether oxygens (including phenoxy) is 3. The van der Waals surface area contributed by atoms with E-state index in [1.165, 1.54) is 57.8 Å². The fourth-order valence-electron chi connectivity index (χ4n) is 7.14. The SMILES string of the molecule is CCCCCCC(=O)CCC[C@H](O)[C@@H]1CC[C@H]([C@@H]2CC[C@@H]([C@H](O)CCCCCCCCCCCCC3=C[C@@H](C)OC3=O)O2)O1. The molecule has 7 atom stereocenters. The molecule has 3 aliphatic heterocycles. The first-order valence-electron chi connectivity index (χ1n) is 18.5. The molecule has 2 saturated heterocycles. The van der Waals surface area contributed by atoms with E-state index >= 15 is 0 Å². The number of hydrogen-bond acceptors (Lipinski definition) is 7. The first kappa shape index (κ1) is 37.2. The van der Waals surface area contributed by atoms with Gasteiger partial charge in [-0.15, -0.1) is 0 Å². The van der Waals surface area contributed by atoms with Crippen LogP contribution in [0.4, 0.5) is 0 Å². The molecule has 0 spiro atoms. The van der Waals surface area contributed by atoms with E-state index in [1.54, 1.807) is 0 Å². The van der Waals surface area contributed by atoms with Crippen LogP contribution in [0.5, 0.6) is 0 Å². The molecule has 0 radical (unpaired) electrons. The van der Waals surface area contributed by atoms with E-state index in [2.05, 4.69) is 6.92 Å². The van der Waals surface area contributed by atoms with Gasteiger partial charge >= 0.3 is 5.97 Å². The minimum atomic E-state index is -0.520. The highest BCUT2D eigenvalue weighted by Crippen LogP contribution is 2.34. The normalized spacial score (nSPS) is 26.6. The lowest BCUT2D eigenvalue weighted by atomic mass is 10.00. The van der Waals surface area contributed by atoms with Crippen LogP contribution in [0.1, 0.15) is 168 Å². The molecule has 3 heterocycles. The number of hydrogen-bond donors (Lipinski definition) is 2. The van der Waals surface area contributed by atoms with Gasteiger partial charge < -0.3 is 24.4 Å². The third kappa shape index (κ3) is 14.0. The summed E-state index contributed by atoms with van der Waals surface area (Å²) in [7, 11) is 0. The maximum absolute atomic E-state index is 12.1. The quantitative estimate of drug-likeness (QED) is 0.0786. The molecule has 7 heteroatoms. The van der Waals surface area contributed by atoms with E-state index in [-0.39, 0.29) is 36.5 Å². The molecule has 0 aromatic carbocycles. The van der Waals surface area contributed by atoms with Crippen molar-refractivity contribution >= 4 is 11.8 Å². The van der Waals surface area contributed by atoms with Gasteiger partial charge in [0.15, 0.2) is 0 Å². The predicted octanol–water partition coefficient (Wildman–Crippen LogP) is 8.07. The second-order valence-corrected chi connectivity index (χ2v) is 13.8. The van der Waals surface area contributed by atoms with Crippen LogP contribution < -0.4 is 0 Å². The van der Waals surface area contributed by atoms with E-state index < -0.39 is 12.2 Å². The zero-order valence-corrected chi connectivity index (χ0v) is 28.0. The molecule has 0 amide bonds. The van der Waals surface area contributed by atoms with Gasteiger partial charge in [-0.3, -0.25) is 4.79 Å². The van der Waals surface area contributed by atoms with Gasteiger partial charge in [0.25, 0.3) is 0 Å². The molecule has 0 aromatic rings. The summed E-state index contributed by atoms with van der Waals surface area (Å²) in [6.07, 6.45) is 24.9. The standard InChI is InChI=1S/C37H64O7/c1-3-4-5-15-19-30(38)20-17-22-32(40)34-24-26-36(44-34)35-25-23-33(43-35)31(39)21-16-13-11-9-7-6-8-10-12-14-18-29-27-28(2)42-37(29)41/h27-28,31-36,39-40H,3-26H2,1-2H3/t28-,31-,32+,33+,34+,35+,36-/m1/s1. The zero-order chi connectivity index (χ0) is 31.6. The van der Waals surface area contributed by atoms with E-state index in [9.17, 15) is 19.8 Å². The Hall–Kier alpha value is -1.28. The smallest absolute Gasteiger partial charge is 0.334 e. The molecule has 0 bridgehead atoms. The zero-order valence-electron chi connectivity index (χ0n) is 28.0. The number of unbranched alkanes of at least 4 members (excludes halogenated alkanes) is 12. The highest BCUT2D eigenvalue weighted by Gasteiger charge is 2.40. The van der Waals surface area contributed by atoms with Crippen LogP contribution in [0, 0.1) is 0 Å². The molecule has 254 valence electrons. The summed E-state index contributed by atoms with van der Waals surface area (Å²) in [5.41, 5.74) is 0.861. The van der Waals surface area contributed by atoms with Gasteiger partial charge in [0.05, 0.1) is 36.6 Å². The second kappa shape index (κ2) is 21.5. The third-order valence-corrected chi connectivity index (χ3v) is 9.90. The van der Waals surface area contributed by atoms with Crippen molar-refractivity contribution in [3.8, 4) is 0 Å². The molecule has 2 N–H and O–H groups in total. The Morgan fingerprint density at radius 1 is 0.727 bits per heavy atom. The first-order chi connectivity index (χ1) is 21.4. The van der Waals surface area contributed by atoms with E-state index in [4.69, 9.17) is 14.2 Å². The number of aliphatic hydroxyl groups excluding tert-OH is 2. The van der Waals surface area contributed by atoms with Gasteiger partial charge in [-0.25, -0.2) is 4.79 Å². The van der Waals surface area contributed by atoms with Crippen LogP contribution in [0.2, 0.25) is 0 Å². The van der Waals surface area contributed by atoms with Crippen molar-refractivity contribution in [2.75, 3.05) is 0 Å². The van der Waals surface area contributed by atoms with Crippen LogP contribution in [-0.2, 0) is 23.8 Å². The summed E-state index contributed by atoms with van der Waals surface area (Å²) in [5.74, 6) is 0.194. The Labute approximate surface area is 267 Å². The number of carbonyl (C=O) groups excluding carboxylic acids is 2. The maximum Gasteiger partial charge on any atom is 0.334 e. The summed E-state index contributed by atoms with van der Waals surface area (Å²) in [6, 6.07) is 0. The summed E-state index contributed by atoms with van der Waals surface area (Å²) in [6.45, 7) is 4.09. The van der Waals surface area contributed by atoms with Crippen LogP contribution in [0.25, 0.3) is 0 Å². The van der Waals surface area contributed by atoms with E-state index in [0.717, 1.165) is 82.6 Å². The Morgan fingerprint density at radius 3 is 1.77 bits per heavy atom. The molecule has 0 aromatic heterocycles. The van der Waals surface area contributed by atoms with Gasteiger partial charge in [0, 0.05) is 18.4 Å². The summed E-state index contributed by atoms with van der Waals surface area (Å²) in [5, 5.41) is 21.4. The van der Waals surface area contributed by atoms with Crippen molar-refractivity contribution in [2.45, 2.75) is 211 Å². The highest BCUT2D eigenvalue weighted by atomic mass is 16.6. The van der Waals surface area contributed by atoms with Crippen molar-refractivity contribution in [2.24, 2.45) is 0 Å². The van der Waals surface area contributed by atoms with Gasteiger partial charge in [-0.1, -0.05) is 84.0 Å². The number of cyclic esters (lactones) is 1. The van der Waals surface area contributed by atoms with Crippen LogP contribution in [0.3, 0.4) is 0 Å². The van der Waals surface area contributed by atoms with Crippen molar-refractivity contribution in [1.29, 1.82) is 0 Å². The third-order valence-electron chi connectivity index (χ3n) is 9.90. The average molecular weight is 621 g/mol. The highest BCUT2D eigenvalue weighted by molar-refractivity contribution is 5.90. The number of rotatable bonds is 25. The van der Waals surface area contributed by atoms with Gasteiger partial charge in [0.1, 0.15) is 11.9 Å². The molecule has 44 heavy (non-hydrogen) atoms. The average Bonchev–Trinajstić information content (AvgIpc) is 3.76. The fourth-order valence-corrected chi connectivity index (χ4v) is 7.14. The molecule has 0 unspecified atom stereocenters. The van der Waals surface area contributed by atoms with Crippen molar-refractivity contribution in [3.63, 3.8) is 0 Å². The number of ketones is 1. The number of Topliss-reactive ketones (excluding diaryl/α,β-unsaturated/α-hetero) is 1. The second-order valence-electron chi connectivity index (χ2n) is 13.8. The lowest BCUT2D eigenvalue weighted by Crippen LogP contribution is -2.33. The monoisotopic (exact) mass is 620 g/mol. The lowest BCUT2D eigenvalue weighted by molar-refractivity contribution is -0.139.